The summed E-state index contributed by atoms with van der Waals surface area (Å²) in [5.74, 6) is 0.245. The fraction of sp³-hybridized carbons (Fsp3) is 0.323. The average Bonchev–Trinajstić information content (AvgIpc) is 3.34. The third-order valence-corrected chi connectivity index (χ3v) is 7.45. The smallest absolute Gasteiger partial charge is 0.288 e. The van der Waals surface area contributed by atoms with Crippen LogP contribution in [0.5, 0.6) is 0 Å². The van der Waals surface area contributed by atoms with Crippen molar-refractivity contribution in [3.05, 3.63) is 106 Å². The van der Waals surface area contributed by atoms with Gasteiger partial charge in [0.15, 0.2) is 5.76 Å². The molecule has 3 aliphatic rings. The van der Waals surface area contributed by atoms with Gasteiger partial charge in [-0.1, -0.05) is 66.7 Å². The van der Waals surface area contributed by atoms with E-state index < -0.39 is 6.29 Å². The fourth-order valence-corrected chi connectivity index (χ4v) is 5.39. The third kappa shape index (κ3) is 5.05. The van der Waals surface area contributed by atoms with Crippen LogP contribution in [0.4, 0.5) is 0 Å². The molecular formula is C31H31NO5. The quantitative estimate of drug-likeness (QED) is 0.424. The summed E-state index contributed by atoms with van der Waals surface area (Å²) >= 11 is 0. The molecule has 3 aromatic carbocycles. The fourth-order valence-electron chi connectivity index (χ4n) is 5.39. The first-order chi connectivity index (χ1) is 18.2. The molecule has 6 rings (SSSR count). The van der Waals surface area contributed by atoms with Crippen molar-refractivity contribution in [3.8, 4) is 11.1 Å². The Labute approximate surface area is 217 Å². The van der Waals surface area contributed by atoms with E-state index >= 15 is 0 Å². The lowest BCUT2D eigenvalue weighted by Crippen LogP contribution is -2.43. The van der Waals surface area contributed by atoms with E-state index in [1.807, 2.05) is 30.3 Å². The number of morpholine rings is 1. The molecule has 0 aromatic heterocycles. The zero-order valence-corrected chi connectivity index (χ0v) is 20.8. The Morgan fingerprint density at radius 3 is 2.51 bits per heavy atom. The molecule has 6 heteroatoms. The van der Waals surface area contributed by atoms with Crippen molar-refractivity contribution in [3.63, 3.8) is 0 Å². The lowest BCUT2D eigenvalue weighted by atomic mass is 9.90. The number of nitrogens with zero attached hydrogens (tertiary/aromatic N) is 1. The summed E-state index contributed by atoms with van der Waals surface area (Å²) in [5, 5.41) is 9.30. The molecule has 1 fully saturated rings. The summed E-state index contributed by atoms with van der Waals surface area (Å²) < 4.78 is 17.7. The summed E-state index contributed by atoms with van der Waals surface area (Å²) in [6.45, 7) is 2.57. The Morgan fingerprint density at radius 2 is 1.70 bits per heavy atom. The van der Waals surface area contributed by atoms with Gasteiger partial charge < -0.3 is 24.2 Å². The molecule has 2 atom stereocenters. The number of benzene rings is 3. The van der Waals surface area contributed by atoms with Gasteiger partial charge in [0.25, 0.3) is 5.91 Å². The second-order valence-electron chi connectivity index (χ2n) is 9.86. The Kier molecular flexibility index (Phi) is 6.79. The van der Waals surface area contributed by atoms with Gasteiger partial charge in [-0.05, 0) is 51.4 Å². The van der Waals surface area contributed by atoms with Crippen molar-refractivity contribution in [2.75, 3.05) is 26.3 Å². The number of carbonyl (C=O) groups is 1. The molecule has 3 aromatic rings. The van der Waals surface area contributed by atoms with E-state index in [-0.39, 0.29) is 18.4 Å². The topological polar surface area (TPSA) is 68.2 Å². The third-order valence-electron chi connectivity index (χ3n) is 7.45. The molecule has 0 unspecified atom stereocenters. The molecule has 0 saturated carbocycles. The normalized spacial score (nSPS) is 20.6. The minimum atomic E-state index is -0.544. The van der Waals surface area contributed by atoms with Gasteiger partial charge in [-0.3, -0.25) is 4.79 Å². The molecule has 2 aliphatic heterocycles. The Balaban J connectivity index is 1.24. The van der Waals surface area contributed by atoms with E-state index in [0.717, 1.165) is 17.5 Å². The van der Waals surface area contributed by atoms with Crippen LogP contribution in [0.1, 0.15) is 40.2 Å². The summed E-state index contributed by atoms with van der Waals surface area (Å²) in [4.78, 5) is 15.1. The zero-order valence-electron chi connectivity index (χ0n) is 20.8. The monoisotopic (exact) mass is 497 g/mol. The van der Waals surface area contributed by atoms with Crippen LogP contribution in [0.2, 0.25) is 0 Å². The van der Waals surface area contributed by atoms with E-state index in [9.17, 15) is 9.90 Å². The predicted octanol–water partition coefficient (Wildman–Crippen LogP) is 4.54. The molecule has 0 radical (unpaired) electrons. The first-order valence-corrected chi connectivity index (χ1v) is 12.9. The van der Waals surface area contributed by atoms with Gasteiger partial charge in [0, 0.05) is 25.4 Å². The minimum Gasteiger partial charge on any atom is -0.459 e. The van der Waals surface area contributed by atoms with Gasteiger partial charge in [0.05, 0.1) is 26.4 Å². The second kappa shape index (κ2) is 10.5. The summed E-state index contributed by atoms with van der Waals surface area (Å²) in [5.41, 5.74) is 8.29. The van der Waals surface area contributed by atoms with E-state index in [1.165, 1.54) is 27.8 Å². The summed E-state index contributed by atoms with van der Waals surface area (Å²) in [6.07, 6.45) is 2.98. The second-order valence-corrected chi connectivity index (χ2v) is 9.86. The van der Waals surface area contributed by atoms with Crippen molar-refractivity contribution in [1.29, 1.82) is 0 Å². The number of amides is 1. The molecule has 2 heterocycles. The number of carbonyl (C=O) groups excluding carboxylic acids is 1. The van der Waals surface area contributed by atoms with Crippen LogP contribution >= 0.6 is 0 Å². The standard InChI is InChI=1S/C31H31NO5/c33-19-21-5-7-22(8-6-21)20-36-30-18-25(17-29(37-30)31(34)32-11-13-35-14-12-32)23-9-10-28-26(15-23)16-24-3-1-2-4-27(24)28/h1-10,15,17,25,30,33H,11-14,16,18-20H2/t25-,30+/m0/s1. The van der Waals surface area contributed by atoms with Crippen molar-refractivity contribution in [1.82, 2.24) is 4.90 Å². The van der Waals surface area contributed by atoms with Gasteiger partial charge in [0.1, 0.15) is 0 Å². The number of hydrogen-bond acceptors (Lipinski definition) is 5. The Hall–Kier alpha value is -3.45. The van der Waals surface area contributed by atoms with Crippen LogP contribution in [-0.2, 0) is 38.6 Å². The average molecular weight is 498 g/mol. The number of fused-ring (bicyclic) bond motifs is 3. The largest absolute Gasteiger partial charge is 0.459 e. The van der Waals surface area contributed by atoms with Gasteiger partial charge in [-0.2, -0.15) is 0 Å². The van der Waals surface area contributed by atoms with Crippen LogP contribution in [0, 0.1) is 0 Å². The molecule has 1 saturated heterocycles. The lowest BCUT2D eigenvalue weighted by Gasteiger charge is -2.33. The molecule has 37 heavy (non-hydrogen) atoms. The molecular weight excluding hydrogens is 466 g/mol. The molecule has 1 amide bonds. The number of hydrogen-bond donors (Lipinski definition) is 1. The SMILES string of the molecule is O=C(C1=C[C@H](c2ccc3c(c2)Cc2ccccc2-3)C[C@H](OCc2ccc(CO)cc2)O1)N1CCOCC1. The summed E-state index contributed by atoms with van der Waals surface area (Å²) in [7, 11) is 0. The molecule has 1 aliphatic carbocycles. The summed E-state index contributed by atoms with van der Waals surface area (Å²) in [6, 6.07) is 22.9. The first kappa shape index (κ1) is 23.9. The zero-order chi connectivity index (χ0) is 25.2. The van der Waals surface area contributed by atoms with E-state index in [1.54, 1.807) is 4.90 Å². The van der Waals surface area contributed by atoms with E-state index in [2.05, 4.69) is 42.5 Å². The highest BCUT2D eigenvalue weighted by Gasteiger charge is 2.32. The van der Waals surface area contributed by atoms with Crippen molar-refractivity contribution >= 4 is 5.91 Å². The van der Waals surface area contributed by atoms with Crippen LogP contribution in [0.15, 0.2) is 78.6 Å². The van der Waals surface area contributed by atoms with Gasteiger partial charge >= 0.3 is 0 Å². The highest BCUT2D eigenvalue weighted by atomic mass is 16.7. The minimum absolute atomic E-state index is 0.00418. The molecule has 0 bridgehead atoms. The maximum atomic E-state index is 13.4. The van der Waals surface area contributed by atoms with E-state index in [0.29, 0.717) is 45.1 Å². The molecule has 6 nitrogen and oxygen atoms in total. The molecule has 1 N–H and O–H groups in total. The maximum absolute atomic E-state index is 13.4. The van der Waals surface area contributed by atoms with Gasteiger partial charge in [-0.15, -0.1) is 0 Å². The number of rotatable bonds is 6. The number of ether oxygens (including phenoxy) is 3. The van der Waals surface area contributed by atoms with Crippen LogP contribution in [-0.4, -0.2) is 48.5 Å². The molecule has 0 spiro atoms. The van der Waals surface area contributed by atoms with Crippen molar-refractivity contribution < 1.29 is 24.1 Å². The van der Waals surface area contributed by atoms with Crippen LogP contribution in [0.3, 0.4) is 0 Å². The highest BCUT2D eigenvalue weighted by molar-refractivity contribution is 5.92. The number of aliphatic hydroxyl groups excluding tert-OH is 1. The van der Waals surface area contributed by atoms with Crippen LogP contribution in [0.25, 0.3) is 11.1 Å². The van der Waals surface area contributed by atoms with Gasteiger partial charge in [0.2, 0.25) is 6.29 Å². The first-order valence-electron chi connectivity index (χ1n) is 12.9. The molecule has 190 valence electrons. The van der Waals surface area contributed by atoms with E-state index in [4.69, 9.17) is 14.2 Å². The van der Waals surface area contributed by atoms with Crippen molar-refractivity contribution in [2.45, 2.75) is 38.3 Å². The number of aliphatic hydroxyl groups is 1. The van der Waals surface area contributed by atoms with Gasteiger partial charge in [-0.25, -0.2) is 0 Å². The van der Waals surface area contributed by atoms with Crippen molar-refractivity contribution in [2.24, 2.45) is 0 Å². The maximum Gasteiger partial charge on any atom is 0.288 e. The predicted molar refractivity (Wildman–Crippen MR) is 140 cm³/mol. The lowest BCUT2D eigenvalue weighted by molar-refractivity contribution is -0.158. The highest BCUT2D eigenvalue weighted by Crippen LogP contribution is 2.40. The van der Waals surface area contributed by atoms with Crippen LogP contribution < -0.4 is 0 Å². The Bertz CT molecular complexity index is 1310. The Morgan fingerprint density at radius 1 is 0.946 bits per heavy atom. The number of allylic oxidation sites excluding steroid dienone is 1.